The van der Waals surface area contributed by atoms with E-state index in [4.69, 9.17) is 9.47 Å². The van der Waals surface area contributed by atoms with Gasteiger partial charge in [-0.3, -0.25) is 9.59 Å². The lowest BCUT2D eigenvalue weighted by Gasteiger charge is -2.30. The largest absolute Gasteiger partial charge is 0.493 e. The number of fused-ring (bicyclic) bond motifs is 6. The summed E-state index contributed by atoms with van der Waals surface area (Å²) in [5.74, 6) is 1.35. The van der Waals surface area contributed by atoms with Crippen molar-refractivity contribution in [1.82, 2.24) is 19.5 Å². The van der Waals surface area contributed by atoms with E-state index in [0.29, 0.717) is 49.0 Å². The van der Waals surface area contributed by atoms with Crippen LogP contribution in [0.4, 0.5) is 5.69 Å². The minimum Gasteiger partial charge on any atom is -0.493 e. The molecule has 4 aromatic rings. The van der Waals surface area contributed by atoms with Crippen molar-refractivity contribution in [2.75, 3.05) is 31.7 Å². The SMILES string of the molecule is COc1ccc2cc1OCCCCN(C(=O)c1cnc3cccnn13)CC[C@@H]1c3ccccc3N(C(C)=O)[C@@H]1C2. The van der Waals surface area contributed by atoms with Gasteiger partial charge in [0.15, 0.2) is 22.8 Å². The minimum absolute atomic E-state index is 0.00999. The number of nitrogens with zero attached hydrogens (tertiary/aromatic N) is 5. The van der Waals surface area contributed by atoms with Crippen LogP contribution in [0, 0.1) is 0 Å². The van der Waals surface area contributed by atoms with Gasteiger partial charge in [0, 0.05) is 43.9 Å². The van der Waals surface area contributed by atoms with Crippen molar-refractivity contribution >= 4 is 23.1 Å². The van der Waals surface area contributed by atoms with E-state index >= 15 is 0 Å². The molecule has 0 saturated heterocycles. The maximum Gasteiger partial charge on any atom is 0.274 e. The second-order valence-corrected chi connectivity index (χ2v) is 10.4. The van der Waals surface area contributed by atoms with Crippen LogP contribution in [0.5, 0.6) is 11.5 Å². The van der Waals surface area contributed by atoms with Crippen molar-refractivity contribution < 1.29 is 19.1 Å². The lowest BCUT2D eigenvalue weighted by Crippen LogP contribution is -2.41. The van der Waals surface area contributed by atoms with E-state index in [-0.39, 0.29) is 23.8 Å². The van der Waals surface area contributed by atoms with Gasteiger partial charge < -0.3 is 19.3 Å². The molecule has 9 heteroatoms. The van der Waals surface area contributed by atoms with Crippen LogP contribution in [-0.2, 0) is 11.2 Å². The Morgan fingerprint density at radius 3 is 2.77 bits per heavy atom. The van der Waals surface area contributed by atoms with Gasteiger partial charge in [0.2, 0.25) is 5.91 Å². The van der Waals surface area contributed by atoms with Crippen LogP contribution >= 0.6 is 0 Å². The third-order valence-corrected chi connectivity index (χ3v) is 7.98. The Bertz CT molecular complexity index is 1550. The number of anilines is 1. The van der Waals surface area contributed by atoms with Crippen molar-refractivity contribution in [2.24, 2.45) is 0 Å². The average Bonchev–Trinajstić information content (AvgIpc) is 3.53. The summed E-state index contributed by atoms with van der Waals surface area (Å²) < 4.78 is 13.3. The number of amides is 2. The number of hydrogen-bond donors (Lipinski definition) is 0. The van der Waals surface area contributed by atoms with E-state index in [1.807, 2.05) is 52.3 Å². The van der Waals surface area contributed by atoms with E-state index in [9.17, 15) is 9.59 Å². The molecule has 0 aliphatic carbocycles. The number of methoxy groups -OCH3 is 1. The van der Waals surface area contributed by atoms with Crippen molar-refractivity contribution in [1.29, 1.82) is 0 Å². The quantitative estimate of drug-likeness (QED) is 0.373. The van der Waals surface area contributed by atoms with Crippen LogP contribution < -0.4 is 14.4 Å². The van der Waals surface area contributed by atoms with E-state index in [1.165, 1.54) is 0 Å². The molecule has 0 N–H and O–H groups in total. The third-order valence-electron chi connectivity index (χ3n) is 7.98. The predicted molar refractivity (Wildman–Crippen MR) is 151 cm³/mol. The molecule has 0 unspecified atom stereocenters. The zero-order valence-electron chi connectivity index (χ0n) is 22.8. The van der Waals surface area contributed by atoms with Crippen LogP contribution in [0.25, 0.3) is 5.65 Å². The monoisotopic (exact) mass is 539 g/mol. The second-order valence-electron chi connectivity index (χ2n) is 10.4. The first-order valence-corrected chi connectivity index (χ1v) is 13.8. The Morgan fingerprint density at radius 2 is 1.93 bits per heavy atom. The first-order chi connectivity index (χ1) is 19.5. The van der Waals surface area contributed by atoms with Crippen molar-refractivity contribution in [3.63, 3.8) is 0 Å². The summed E-state index contributed by atoms with van der Waals surface area (Å²) in [4.78, 5) is 35.1. The smallest absolute Gasteiger partial charge is 0.274 e. The number of rotatable bonds is 2. The molecule has 9 nitrogen and oxygen atoms in total. The predicted octanol–water partition coefficient (Wildman–Crippen LogP) is 4.50. The van der Waals surface area contributed by atoms with E-state index in [0.717, 1.165) is 36.1 Å². The molecule has 2 aromatic heterocycles. The van der Waals surface area contributed by atoms with Gasteiger partial charge in [-0.25, -0.2) is 9.50 Å². The van der Waals surface area contributed by atoms with E-state index in [2.05, 4.69) is 16.1 Å². The lowest BCUT2D eigenvalue weighted by atomic mass is 9.87. The Labute approximate surface area is 233 Å². The highest BCUT2D eigenvalue weighted by Crippen LogP contribution is 2.44. The molecular formula is C31H33N5O4. The molecule has 0 saturated carbocycles. The van der Waals surface area contributed by atoms with Crippen molar-refractivity contribution in [3.8, 4) is 11.5 Å². The molecular weight excluding hydrogens is 506 g/mol. The maximum absolute atomic E-state index is 13.9. The number of aromatic nitrogens is 3. The molecule has 0 spiro atoms. The summed E-state index contributed by atoms with van der Waals surface area (Å²) in [5.41, 5.74) is 4.25. The molecule has 4 heterocycles. The number of imidazole rings is 1. The summed E-state index contributed by atoms with van der Waals surface area (Å²) in [6.45, 7) is 3.26. The summed E-state index contributed by atoms with van der Waals surface area (Å²) in [6.07, 6.45) is 6.21. The van der Waals surface area contributed by atoms with Gasteiger partial charge in [-0.2, -0.15) is 5.10 Å². The lowest BCUT2D eigenvalue weighted by molar-refractivity contribution is -0.117. The number of ether oxygens (including phenoxy) is 2. The summed E-state index contributed by atoms with van der Waals surface area (Å²) in [7, 11) is 1.64. The molecule has 0 fully saturated rings. The highest BCUT2D eigenvalue weighted by atomic mass is 16.5. The molecule has 2 atom stereocenters. The standard InChI is InChI=1S/C31H33N5O4/c1-21(37)35-25-9-4-3-8-23(25)24-13-16-34(31(38)27-20-32-30-10-7-14-33-36(27)30)15-5-6-17-40-29-19-22(18-26(24)35)11-12-28(29)39-2/h3-4,7-12,14,19-20,24,26H,5-6,13,15-18H2,1-2H3/t24-,26-/m1/s1. The highest BCUT2D eigenvalue weighted by Gasteiger charge is 2.40. The van der Waals surface area contributed by atoms with E-state index < -0.39 is 0 Å². The van der Waals surface area contributed by atoms with Crippen LogP contribution in [-0.4, -0.2) is 64.2 Å². The zero-order valence-corrected chi connectivity index (χ0v) is 22.8. The minimum atomic E-state index is -0.0997. The van der Waals surface area contributed by atoms with Gasteiger partial charge in [0.1, 0.15) is 0 Å². The van der Waals surface area contributed by atoms with Crippen LogP contribution in [0.2, 0.25) is 0 Å². The number of carbonyl (C=O) groups excluding carboxylic acids is 2. The fraction of sp³-hybridized carbons (Fsp3) is 0.355. The van der Waals surface area contributed by atoms with Crippen LogP contribution in [0.1, 0.15) is 53.7 Å². The maximum atomic E-state index is 13.9. The van der Waals surface area contributed by atoms with Gasteiger partial charge in [0.25, 0.3) is 5.91 Å². The van der Waals surface area contributed by atoms with Gasteiger partial charge in [-0.15, -0.1) is 0 Å². The normalized spacial score (nSPS) is 19.4. The Balaban J connectivity index is 1.37. The van der Waals surface area contributed by atoms with Gasteiger partial charge in [-0.1, -0.05) is 24.3 Å². The van der Waals surface area contributed by atoms with Crippen LogP contribution in [0.3, 0.4) is 0 Å². The molecule has 2 aliphatic heterocycles. The van der Waals surface area contributed by atoms with E-state index in [1.54, 1.807) is 37.0 Å². The van der Waals surface area contributed by atoms with Crippen molar-refractivity contribution in [2.45, 2.75) is 44.6 Å². The first kappa shape index (κ1) is 25.9. The number of para-hydroxylation sites is 1. The van der Waals surface area contributed by atoms with Crippen LogP contribution in [0.15, 0.2) is 67.0 Å². The molecule has 2 aliphatic rings. The summed E-state index contributed by atoms with van der Waals surface area (Å²) in [6, 6.07) is 17.7. The molecule has 0 radical (unpaired) electrons. The molecule has 2 amide bonds. The molecule has 6 rings (SSSR count). The summed E-state index contributed by atoms with van der Waals surface area (Å²) in [5, 5.41) is 4.36. The zero-order chi connectivity index (χ0) is 27.6. The van der Waals surface area contributed by atoms with Gasteiger partial charge in [-0.05, 0) is 67.1 Å². The fourth-order valence-corrected chi connectivity index (χ4v) is 6.11. The van der Waals surface area contributed by atoms with Gasteiger partial charge >= 0.3 is 0 Å². The van der Waals surface area contributed by atoms with Gasteiger partial charge in [0.05, 0.1) is 19.9 Å². The highest BCUT2D eigenvalue weighted by molar-refractivity contribution is 5.95. The topological polar surface area (TPSA) is 89.3 Å². The molecule has 2 bridgehead atoms. The second kappa shape index (κ2) is 11.0. The Kier molecular flexibility index (Phi) is 7.11. The molecule has 2 aromatic carbocycles. The Morgan fingerprint density at radius 1 is 1.05 bits per heavy atom. The van der Waals surface area contributed by atoms with Crippen molar-refractivity contribution in [3.05, 3.63) is 83.8 Å². The Hall–Kier alpha value is -4.40. The summed E-state index contributed by atoms with van der Waals surface area (Å²) >= 11 is 0. The molecule has 40 heavy (non-hydrogen) atoms. The third kappa shape index (κ3) is 4.76. The fourth-order valence-electron chi connectivity index (χ4n) is 6.11. The molecule has 206 valence electrons. The first-order valence-electron chi connectivity index (χ1n) is 13.8. The number of benzene rings is 2. The number of carbonyl (C=O) groups is 2. The average molecular weight is 540 g/mol. The number of hydrogen-bond acceptors (Lipinski definition) is 6.